The Morgan fingerprint density at radius 2 is 2.12 bits per heavy atom. The maximum absolute atomic E-state index is 13.5. The van der Waals surface area contributed by atoms with Crippen molar-refractivity contribution in [2.75, 3.05) is 13.2 Å². The quantitative estimate of drug-likeness (QED) is 0.767. The van der Waals surface area contributed by atoms with Crippen molar-refractivity contribution in [3.05, 3.63) is 29.8 Å². The molecule has 0 aromatic heterocycles. The Labute approximate surface area is 143 Å². The van der Waals surface area contributed by atoms with E-state index in [0.29, 0.717) is 11.5 Å². The SMILES string of the molecule is CCO[C@H]1OC(=O)[C@@]2([S@@](=O)c3ccc(C)cc3)[C@@H]1ON1CCC[C@H]12. The van der Waals surface area contributed by atoms with E-state index in [2.05, 4.69) is 0 Å². The number of carbonyl (C=O) groups is 1. The molecule has 3 aliphatic heterocycles. The molecule has 0 radical (unpaired) electrons. The van der Waals surface area contributed by atoms with Crippen LogP contribution in [0.5, 0.6) is 0 Å². The molecule has 7 heteroatoms. The topological polar surface area (TPSA) is 65.1 Å². The summed E-state index contributed by atoms with van der Waals surface area (Å²) in [6, 6.07) is 7.21. The lowest BCUT2D eigenvalue weighted by atomic mass is 9.94. The summed E-state index contributed by atoms with van der Waals surface area (Å²) in [6.07, 6.45) is 0.207. The number of rotatable bonds is 4. The Morgan fingerprint density at radius 3 is 2.83 bits per heavy atom. The molecular weight excluding hydrogens is 330 g/mol. The van der Waals surface area contributed by atoms with Crippen molar-refractivity contribution in [3.8, 4) is 0 Å². The standard InChI is InChI=1S/C17H21NO5S/c1-3-21-15-14-17(16(19)22-15,13-5-4-10-18(13)23-14)24(20)12-8-6-11(2)7-9-12/h6-9,13-15H,3-5,10H2,1-2H3/t13-,14+,15-,17-,24-/m0/s1. The lowest BCUT2D eigenvalue weighted by Crippen LogP contribution is -2.54. The van der Waals surface area contributed by atoms with E-state index in [-0.39, 0.29) is 6.04 Å². The van der Waals surface area contributed by atoms with Crippen LogP contribution in [0, 0.1) is 6.92 Å². The predicted molar refractivity (Wildman–Crippen MR) is 86.4 cm³/mol. The fraction of sp³-hybridized carbons (Fsp3) is 0.588. The van der Waals surface area contributed by atoms with Crippen LogP contribution in [0.4, 0.5) is 0 Å². The summed E-state index contributed by atoms with van der Waals surface area (Å²) < 4.78 is 23.3. The van der Waals surface area contributed by atoms with Gasteiger partial charge in [0.1, 0.15) is 0 Å². The van der Waals surface area contributed by atoms with Gasteiger partial charge in [0, 0.05) is 18.0 Å². The highest BCUT2D eigenvalue weighted by molar-refractivity contribution is 7.87. The van der Waals surface area contributed by atoms with Crippen LogP contribution in [0.1, 0.15) is 25.3 Å². The predicted octanol–water partition coefficient (Wildman–Crippen LogP) is 1.54. The van der Waals surface area contributed by atoms with Crippen molar-refractivity contribution >= 4 is 16.8 Å². The number of carbonyl (C=O) groups excluding carboxylic acids is 1. The lowest BCUT2D eigenvalue weighted by Gasteiger charge is -2.27. The second-order valence-electron chi connectivity index (χ2n) is 6.43. The molecule has 0 N–H and O–H groups in total. The van der Waals surface area contributed by atoms with Crippen LogP contribution in [-0.4, -0.2) is 51.6 Å². The molecule has 1 aromatic carbocycles. The number of cyclic esters (lactones) is 1. The molecule has 3 aliphatic rings. The van der Waals surface area contributed by atoms with E-state index in [9.17, 15) is 9.00 Å². The highest BCUT2D eigenvalue weighted by Gasteiger charge is 2.73. The van der Waals surface area contributed by atoms with E-state index in [4.69, 9.17) is 14.3 Å². The molecule has 130 valence electrons. The van der Waals surface area contributed by atoms with E-state index in [1.54, 1.807) is 0 Å². The summed E-state index contributed by atoms with van der Waals surface area (Å²) >= 11 is 0. The molecule has 5 atom stereocenters. The Morgan fingerprint density at radius 1 is 1.38 bits per heavy atom. The van der Waals surface area contributed by atoms with Gasteiger partial charge in [-0.2, -0.15) is 5.06 Å². The Bertz CT molecular complexity index is 678. The molecule has 3 heterocycles. The summed E-state index contributed by atoms with van der Waals surface area (Å²) in [5, 5.41) is 1.81. The molecular formula is C17H21NO5S. The van der Waals surface area contributed by atoms with Gasteiger partial charge in [0.2, 0.25) is 6.29 Å². The van der Waals surface area contributed by atoms with Crippen LogP contribution < -0.4 is 0 Å². The van der Waals surface area contributed by atoms with Gasteiger partial charge in [-0.25, -0.2) is 0 Å². The monoisotopic (exact) mass is 351 g/mol. The van der Waals surface area contributed by atoms with Crippen LogP contribution >= 0.6 is 0 Å². The highest BCUT2D eigenvalue weighted by Crippen LogP contribution is 2.50. The molecule has 0 unspecified atom stereocenters. The fourth-order valence-electron chi connectivity index (χ4n) is 3.92. The van der Waals surface area contributed by atoms with Gasteiger partial charge in [-0.1, -0.05) is 17.7 Å². The van der Waals surface area contributed by atoms with Crippen molar-refractivity contribution in [3.63, 3.8) is 0 Å². The van der Waals surface area contributed by atoms with Gasteiger partial charge in [0.15, 0.2) is 10.9 Å². The molecule has 0 spiro atoms. The Balaban J connectivity index is 1.79. The normalized spacial score (nSPS) is 36.4. The Kier molecular flexibility index (Phi) is 3.99. The van der Waals surface area contributed by atoms with Crippen LogP contribution in [-0.2, 0) is 29.9 Å². The summed E-state index contributed by atoms with van der Waals surface area (Å²) in [5.74, 6) is -0.473. The summed E-state index contributed by atoms with van der Waals surface area (Å²) in [7, 11) is -1.58. The zero-order valence-corrected chi connectivity index (χ0v) is 14.6. The lowest BCUT2D eigenvalue weighted by molar-refractivity contribution is -0.226. The second-order valence-corrected chi connectivity index (χ2v) is 8.11. The van der Waals surface area contributed by atoms with Gasteiger partial charge in [0.05, 0.1) is 16.8 Å². The largest absolute Gasteiger partial charge is 0.431 e. The smallest absolute Gasteiger partial charge is 0.332 e. The molecule has 0 saturated carbocycles. The third-order valence-electron chi connectivity index (χ3n) is 5.03. The molecule has 4 rings (SSSR count). The van der Waals surface area contributed by atoms with Gasteiger partial charge >= 0.3 is 5.97 Å². The van der Waals surface area contributed by atoms with E-state index < -0.39 is 33.9 Å². The summed E-state index contributed by atoms with van der Waals surface area (Å²) in [4.78, 5) is 19.5. The van der Waals surface area contributed by atoms with E-state index >= 15 is 0 Å². The number of ether oxygens (including phenoxy) is 2. The number of hydrogen-bond acceptors (Lipinski definition) is 6. The van der Waals surface area contributed by atoms with E-state index in [1.165, 1.54) is 0 Å². The number of aryl methyl sites for hydroxylation is 1. The molecule has 0 bridgehead atoms. The highest BCUT2D eigenvalue weighted by atomic mass is 32.2. The molecule has 1 aromatic rings. The average molecular weight is 351 g/mol. The van der Waals surface area contributed by atoms with Crippen LogP contribution in [0.2, 0.25) is 0 Å². The number of fused-ring (bicyclic) bond motifs is 3. The van der Waals surface area contributed by atoms with Crippen molar-refractivity contribution in [1.82, 2.24) is 5.06 Å². The minimum atomic E-state index is -1.58. The average Bonchev–Trinajstić information content (AvgIpc) is 3.20. The first-order valence-corrected chi connectivity index (χ1v) is 9.48. The third-order valence-corrected chi connectivity index (χ3v) is 7.02. The Hall–Kier alpha value is -1.28. The van der Waals surface area contributed by atoms with E-state index in [1.807, 2.05) is 43.2 Å². The zero-order chi connectivity index (χ0) is 16.9. The van der Waals surface area contributed by atoms with Crippen molar-refractivity contribution < 1.29 is 23.3 Å². The minimum absolute atomic E-state index is 0.234. The first-order valence-electron chi connectivity index (χ1n) is 8.33. The van der Waals surface area contributed by atoms with Gasteiger partial charge in [-0.3, -0.25) is 13.8 Å². The first kappa shape index (κ1) is 16.2. The molecule has 0 amide bonds. The van der Waals surface area contributed by atoms with Crippen LogP contribution in [0.25, 0.3) is 0 Å². The molecule has 0 aliphatic carbocycles. The van der Waals surface area contributed by atoms with Gasteiger partial charge in [0.25, 0.3) is 0 Å². The van der Waals surface area contributed by atoms with Crippen molar-refractivity contribution in [2.45, 2.75) is 54.8 Å². The first-order chi connectivity index (χ1) is 11.6. The maximum Gasteiger partial charge on any atom is 0.332 e. The zero-order valence-electron chi connectivity index (χ0n) is 13.8. The van der Waals surface area contributed by atoms with Gasteiger partial charge < -0.3 is 9.47 Å². The maximum atomic E-state index is 13.5. The molecule has 3 fully saturated rings. The third kappa shape index (κ3) is 2.12. The molecule has 24 heavy (non-hydrogen) atoms. The second kappa shape index (κ2) is 5.91. The number of hydrogen-bond donors (Lipinski definition) is 0. The van der Waals surface area contributed by atoms with Crippen molar-refractivity contribution in [2.24, 2.45) is 0 Å². The molecule has 6 nitrogen and oxygen atoms in total. The molecule has 3 saturated heterocycles. The minimum Gasteiger partial charge on any atom is -0.431 e. The summed E-state index contributed by atoms with van der Waals surface area (Å²) in [5.41, 5.74) is 1.08. The summed E-state index contributed by atoms with van der Waals surface area (Å²) in [6.45, 7) is 4.94. The number of nitrogens with zero attached hydrogens (tertiary/aromatic N) is 1. The van der Waals surface area contributed by atoms with E-state index in [0.717, 1.165) is 24.9 Å². The van der Waals surface area contributed by atoms with Crippen LogP contribution in [0.3, 0.4) is 0 Å². The number of esters is 1. The number of benzene rings is 1. The van der Waals surface area contributed by atoms with Gasteiger partial charge in [-0.15, -0.1) is 0 Å². The van der Waals surface area contributed by atoms with Crippen molar-refractivity contribution in [1.29, 1.82) is 0 Å². The van der Waals surface area contributed by atoms with Gasteiger partial charge in [-0.05, 0) is 38.8 Å². The fourth-order valence-corrected chi connectivity index (χ4v) is 5.74. The van der Waals surface area contributed by atoms with Crippen LogP contribution in [0.15, 0.2) is 29.2 Å². The number of hydroxylamine groups is 2.